The Labute approximate surface area is 148 Å². The Morgan fingerprint density at radius 2 is 2.16 bits per heavy atom. The van der Waals surface area contributed by atoms with Gasteiger partial charge in [-0.15, -0.1) is 0 Å². The maximum Gasteiger partial charge on any atom is 0.306 e. The average Bonchev–Trinajstić information content (AvgIpc) is 3.05. The van der Waals surface area contributed by atoms with Crippen molar-refractivity contribution < 1.29 is 14.7 Å². The molecule has 8 heteroatoms. The van der Waals surface area contributed by atoms with E-state index in [4.69, 9.17) is 5.11 Å². The van der Waals surface area contributed by atoms with E-state index in [1.165, 1.54) is 0 Å². The van der Waals surface area contributed by atoms with Crippen LogP contribution >= 0.6 is 11.3 Å². The number of amides is 1. The lowest BCUT2D eigenvalue weighted by Crippen LogP contribution is -2.30. The number of carboxylic acids is 1. The normalized spacial score (nSPS) is 19.8. The van der Waals surface area contributed by atoms with Gasteiger partial charge in [-0.05, 0) is 31.4 Å². The number of carbonyl (C=O) groups is 2. The predicted molar refractivity (Wildman–Crippen MR) is 91.8 cm³/mol. The molecular formula is C17H16N4O3S. The van der Waals surface area contributed by atoms with E-state index in [0.717, 1.165) is 17.8 Å². The Hall–Kier alpha value is -2.79. The van der Waals surface area contributed by atoms with Crippen LogP contribution in [0.3, 0.4) is 0 Å². The number of thiazole rings is 1. The minimum absolute atomic E-state index is 0.234. The third kappa shape index (κ3) is 3.83. The molecular weight excluding hydrogens is 340 g/mol. The van der Waals surface area contributed by atoms with Crippen molar-refractivity contribution in [3.8, 4) is 17.3 Å². The van der Waals surface area contributed by atoms with Crippen molar-refractivity contribution in [2.45, 2.75) is 25.7 Å². The summed E-state index contributed by atoms with van der Waals surface area (Å²) in [5.74, 6) is -1.90. The van der Waals surface area contributed by atoms with Crippen LogP contribution in [0.15, 0.2) is 24.5 Å². The van der Waals surface area contributed by atoms with Gasteiger partial charge in [0.05, 0.1) is 5.92 Å². The topological polar surface area (TPSA) is 116 Å². The predicted octanol–water partition coefficient (Wildman–Crippen LogP) is 2.91. The first-order valence-electron chi connectivity index (χ1n) is 7.93. The van der Waals surface area contributed by atoms with Gasteiger partial charge in [-0.25, -0.2) is 4.98 Å². The first kappa shape index (κ1) is 17.0. The number of aromatic nitrogens is 2. The summed E-state index contributed by atoms with van der Waals surface area (Å²) in [5.41, 5.74) is 1.20. The van der Waals surface area contributed by atoms with Crippen LogP contribution in [-0.2, 0) is 9.59 Å². The van der Waals surface area contributed by atoms with Crippen LogP contribution in [0.5, 0.6) is 0 Å². The second-order valence-corrected chi connectivity index (χ2v) is 6.94. The molecule has 0 radical (unpaired) electrons. The summed E-state index contributed by atoms with van der Waals surface area (Å²) in [5, 5.41) is 21.5. The van der Waals surface area contributed by atoms with Crippen LogP contribution in [0.4, 0.5) is 5.13 Å². The highest BCUT2D eigenvalue weighted by molar-refractivity contribution is 7.16. The number of hydrogen-bond donors (Lipinski definition) is 2. The molecule has 0 spiro atoms. The minimum Gasteiger partial charge on any atom is -0.481 e. The van der Waals surface area contributed by atoms with E-state index >= 15 is 0 Å². The van der Waals surface area contributed by atoms with Crippen molar-refractivity contribution >= 4 is 28.3 Å². The second-order valence-electron chi connectivity index (χ2n) is 5.94. The monoisotopic (exact) mass is 356 g/mol. The standard InChI is InChI=1S/C17H16N4O3S/c18-8-13-14(12-5-2-6-19-9-12)20-17(25-13)21-15(22)10-3-1-4-11(7-10)16(23)24/h2,5-6,9-11H,1,3-4,7H2,(H,23,24)(H,20,21,22). The number of pyridine rings is 1. The third-order valence-corrected chi connectivity index (χ3v) is 5.16. The van der Waals surface area contributed by atoms with Crippen molar-refractivity contribution in [2.75, 3.05) is 5.32 Å². The number of aliphatic carboxylic acids is 1. The van der Waals surface area contributed by atoms with Gasteiger partial charge in [0.2, 0.25) is 5.91 Å². The van der Waals surface area contributed by atoms with Crippen LogP contribution in [0.2, 0.25) is 0 Å². The van der Waals surface area contributed by atoms with Crippen molar-refractivity contribution in [3.63, 3.8) is 0 Å². The summed E-state index contributed by atoms with van der Waals surface area (Å²) in [6, 6.07) is 5.64. The molecule has 25 heavy (non-hydrogen) atoms. The van der Waals surface area contributed by atoms with Crippen molar-refractivity contribution in [2.24, 2.45) is 11.8 Å². The first-order valence-corrected chi connectivity index (χ1v) is 8.75. The summed E-state index contributed by atoms with van der Waals surface area (Å²) in [4.78, 5) is 32.4. The molecule has 1 aliphatic rings. The molecule has 0 bridgehead atoms. The maximum absolute atomic E-state index is 12.4. The first-order chi connectivity index (χ1) is 12.1. The minimum atomic E-state index is -0.850. The van der Waals surface area contributed by atoms with Gasteiger partial charge in [0, 0.05) is 23.9 Å². The van der Waals surface area contributed by atoms with E-state index < -0.39 is 11.9 Å². The summed E-state index contributed by atoms with van der Waals surface area (Å²) in [6.45, 7) is 0. The van der Waals surface area contributed by atoms with Crippen LogP contribution in [0.1, 0.15) is 30.6 Å². The SMILES string of the molecule is N#Cc1sc(NC(=O)C2CCCC(C(=O)O)C2)nc1-c1cccnc1. The van der Waals surface area contributed by atoms with Crippen molar-refractivity contribution in [1.29, 1.82) is 5.26 Å². The Morgan fingerprint density at radius 1 is 1.36 bits per heavy atom. The largest absolute Gasteiger partial charge is 0.481 e. The number of nitrogens with one attached hydrogen (secondary N) is 1. The molecule has 7 nitrogen and oxygen atoms in total. The van der Waals surface area contributed by atoms with E-state index in [2.05, 4.69) is 21.4 Å². The molecule has 0 aliphatic heterocycles. The average molecular weight is 356 g/mol. The number of hydrogen-bond acceptors (Lipinski definition) is 6. The third-order valence-electron chi connectivity index (χ3n) is 4.29. The van der Waals surface area contributed by atoms with Crippen LogP contribution in [0, 0.1) is 23.2 Å². The Bertz CT molecular complexity index is 828. The van der Waals surface area contributed by atoms with Gasteiger partial charge in [-0.2, -0.15) is 5.26 Å². The highest BCUT2D eigenvalue weighted by atomic mass is 32.1. The molecule has 2 heterocycles. The molecule has 0 saturated heterocycles. The van der Waals surface area contributed by atoms with Crippen LogP contribution in [0.25, 0.3) is 11.3 Å². The van der Waals surface area contributed by atoms with E-state index in [0.29, 0.717) is 40.5 Å². The lowest BCUT2D eigenvalue weighted by Gasteiger charge is -2.25. The molecule has 1 fully saturated rings. The van der Waals surface area contributed by atoms with Gasteiger partial charge in [-0.3, -0.25) is 14.6 Å². The number of nitriles is 1. The van der Waals surface area contributed by atoms with Gasteiger partial charge in [-0.1, -0.05) is 17.8 Å². The fraction of sp³-hybridized carbons (Fsp3) is 0.353. The van der Waals surface area contributed by atoms with E-state index in [1.807, 2.05) is 0 Å². The number of carbonyl (C=O) groups excluding carboxylic acids is 1. The molecule has 1 amide bonds. The Morgan fingerprint density at radius 3 is 2.84 bits per heavy atom. The molecule has 0 aromatic carbocycles. The fourth-order valence-electron chi connectivity index (χ4n) is 3.01. The quantitative estimate of drug-likeness (QED) is 0.870. The molecule has 2 aromatic heterocycles. The fourth-order valence-corrected chi connectivity index (χ4v) is 3.80. The molecule has 2 atom stereocenters. The Kier molecular flexibility index (Phi) is 5.05. The van der Waals surface area contributed by atoms with Crippen LogP contribution < -0.4 is 5.32 Å². The van der Waals surface area contributed by atoms with E-state index in [9.17, 15) is 14.9 Å². The van der Waals surface area contributed by atoms with Crippen molar-refractivity contribution in [3.05, 3.63) is 29.4 Å². The summed E-state index contributed by atoms with van der Waals surface area (Å²) in [7, 11) is 0. The van der Waals surface area contributed by atoms with E-state index in [1.54, 1.807) is 24.5 Å². The zero-order chi connectivity index (χ0) is 17.8. The van der Waals surface area contributed by atoms with Gasteiger partial charge < -0.3 is 10.4 Å². The van der Waals surface area contributed by atoms with Gasteiger partial charge in [0.15, 0.2) is 5.13 Å². The molecule has 2 aromatic rings. The summed E-state index contributed by atoms with van der Waals surface area (Å²) in [6.07, 6.45) is 5.58. The number of anilines is 1. The van der Waals surface area contributed by atoms with Crippen molar-refractivity contribution in [1.82, 2.24) is 9.97 Å². The smallest absolute Gasteiger partial charge is 0.306 e. The zero-order valence-corrected chi connectivity index (χ0v) is 14.1. The van der Waals surface area contributed by atoms with E-state index in [-0.39, 0.29) is 11.8 Å². The summed E-state index contributed by atoms with van der Waals surface area (Å²) >= 11 is 1.11. The zero-order valence-electron chi connectivity index (χ0n) is 13.3. The molecule has 2 N–H and O–H groups in total. The lowest BCUT2D eigenvalue weighted by atomic mass is 9.81. The van der Waals surface area contributed by atoms with Crippen LogP contribution in [-0.4, -0.2) is 27.0 Å². The lowest BCUT2D eigenvalue weighted by molar-refractivity contribution is -0.143. The second kappa shape index (κ2) is 7.40. The van der Waals surface area contributed by atoms with Gasteiger partial charge in [0.25, 0.3) is 0 Å². The van der Waals surface area contributed by atoms with Gasteiger partial charge in [0.1, 0.15) is 16.6 Å². The molecule has 2 unspecified atom stereocenters. The number of rotatable bonds is 4. The number of nitrogens with zero attached hydrogens (tertiary/aromatic N) is 3. The van der Waals surface area contributed by atoms with Gasteiger partial charge >= 0.3 is 5.97 Å². The molecule has 1 aliphatic carbocycles. The maximum atomic E-state index is 12.4. The Balaban J connectivity index is 1.75. The highest BCUT2D eigenvalue weighted by Crippen LogP contribution is 2.33. The molecule has 1 saturated carbocycles. The highest BCUT2D eigenvalue weighted by Gasteiger charge is 2.31. The molecule has 128 valence electrons. The number of carboxylic acid groups (broad SMARTS) is 1. The molecule has 3 rings (SSSR count). The summed E-state index contributed by atoms with van der Waals surface area (Å²) < 4.78 is 0.